The molecule has 3 heteroatoms. The van der Waals surface area contributed by atoms with Crippen LogP contribution < -0.4 is 5.32 Å². The molecule has 9 heavy (non-hydrogen) atoms. The standard InChI is InChI=1S/C6H7NOS/c1-5-2-6(3-9-5)7-4-8/h2-4H,1H3,(H,7,8). The fourth-order valence-corrected chi connectivity index (χ4v) is 1.23. The van der Waals surface area contributed by atoms with Crippen molar-refractivity contribution in [1.82, 2.24) is 0 Å². The van der Waals surface area contributed by atoms with E-state index in [4.69, 9.17) is 0 Å². The lowest BCUT2D eigenvalue weighted by Gasteiger charge is -1.86. The molecule has 0 bridgehead atoms. The highest BCUT2D eigenvalue weighted by Gasteiger charge is 1.90. The Hall–Kier alpha value is -0.830. The SMILES string of the molecule is Cc1cc(NC=O)cs1. The molecule has 0 radical (unpaired) electrons. The van der Waals surface area contributed by atoms with Crippen LogP contribution in [0.2, 0.25) is 0 Å². The Balaban J connectivity index is 2.72. The quantitative estimate of drug-likeness (QED) is 0.623. The van der Waals surface area contributed by atoms with Crippen molar-refractivity contribution in [3.63, 3.8) is 0 Å². The highest BCUT2D eigenvalue weighted by Crippen LogP contribution is 2.16. The summed E-state index contributed by atoms with van der Waals surface area (Å²) in [5.74, 6) is 0. The average Bonchev–Trinajstić information content (AvgIpc) is 2.17. The Morgan fingerprint density at radius 2 is 2.56 bits per heavy atom. The lowest BCUT2D eigenvalue weighted by atomic mass is 10.4. The van der Waals surface area contributed by atoms with Gasteiger partial charge in [-0.1, -0.05) is 0 Å². The fourth-order valence-electron chi connectivity index (χ4n) is 0.587. The van der Waals surface area contributed by atoms with Crippen LogP contribution in [0.4, 0.5) is 5.69 Å². The van der Waals surface area contributed by atoms with Crippen LogP contribution in [-0.2, 0) is 4.79 Å². The fraction of sp³-hybridized carbons (Fsp3) is 0.167. The molecule has 2 nitrogen and oxygen atoms in total. The average molecular weight is 141 g/mol. The van der Waals surface area contributed by atoms with Gasteiger partial charge in [-0.2, -0.15) is 0 Å². The van der Waals surface area contributed by atoms with Crippen LogP contribution in [0.25, 0.3) is 0 Å². The summed E-state index contributed by atoms with van der Waals surface area (Å²) in [6.07, 6.45) is 0.682. The van der Waals surface area contributed by atoms with Crippen molar-refractivity contribution < 1.29 is 4.79 Å². The summed E-state index contributed by atoms with van der Waals surface area (Å²) < 4.78 is 0. The zero-order valence-corrected chi connectivity index (χ0v) is 5.87. The molecular weight excluding hydrogens is 134 g/mol. The first-order chi connectivity index (χ1) is 4.33. The molecule has 1 rings (SSSR count). The number of nitrogens with one attached hydrogen (secondary N) is 1. The number of aryl methyl sites for hydroxylation is 1. The molecule has 1 amide bonds. The Kier molecular flexibility index (Phi) is 1.85. The van der Waals surface area contributed by atoms with Crippen molar-refractivity contribution in [3.05, 3.63) is 16.3 Å². The van der Waals surface area contributed by atoms with Gasteiger partial charge in [0.25, 0.3) is 0 Å². The number of amides is 1. The lowest BCUT2D eigenvalue weighted by Crippen LogP contribution is -1.89. The molecule has 1 N–H and O–H groups in total. The molecule has 0 atom stereocenters. The molecule has 0 spiro atoms. The maximum absolute atomic E-state index is 9.88. The third kappa shape index (κ3) is 1.54. The van der Waals surface area contributed by atoms with E-state index in [0.717, 1.165) is 5.69 Å². The molecule has 0 saturated carbocycles. The Bertz CT molecular complexity index is 207. The second-order valence-corrected chi connectivity index (χ2v) is 2.82. The molecule has 0 aliphatic carbocycles. The van der Waals surface area contributed by atoms with Crippen LogP contribution in [0.3, 0.4) is 0 Å². The molecule has 0 unspecified atom stereocenters. The van der Waals surface area contributed by atoms with Crippen LogP contribution in [-0.4, -0.2) is 6.41 Å². The van der Waals surface area contributed by atoms with E-state index in [9.17, 15) is 4.79 Å². The van der Waals surface area contributed by atoms with E-state index >= 15 is 0 Å². The van der Waals surface area contributed by atoms with Gasteiger partial charge in [-0.25, -0.2) is 0 Å². The van der Waals surface area contributed by atoms with Gasteiger partial charge in [-0.15, -0.1) is 11.3 Å². The Morgan fingerprint density at radius 3 is 3.00 bits per heavy atom. The van der Waals surface area contributed by atoms with Crippen molar-refractivity contribution in [1.29, 1.82) is 0 Å². The van der Waals surface area contributed by atoms with E-state index in [-0.39, 0.29) is 0 Å². The summed E-state index contributed by atoms with van der Waals surface area (Å²) in [5.41, 5.74) is 0.882. The lowest BCUT2D eigenvalue weighted by molar-refractivity contribution is -0.105. The second-order valence-electron chi connectivity index (χ2n) is 1.71. The van der Waals surface area contributed by atoms with E-state index in [0.29, 0.717) is 6.41 Å². The maximum Gasteiger partial charge on any atom is 0.211 e. The molecule has 0 fully saturated rings. The summed E-state index contributed by atoms with van der Waals surface area (Å²) in [5, 5.41) is 4.46. The molecule has 0 aliphatic heterocycles. The monoisotopic (exact) mass is 141 g/mol. The van der Waals surface area contributed by atoms with Gasteiger partial charge in [0, 0.05) is 10.3 Å². The first-order valence-electron chi connectivity index (χ1n) is 2.58. The predicted octanol–water partition coefficient (Wildman–Crippen LogP) is 1.62. The van der Waals surface area contributed by atoms with Crippen LogP contribution in [0, 0.1) is 6.92 Å². The molecule has 0 aromatic carbocycles. The highest BCUT2D eigenvalue weighted by atomic mass is 32.1. The zero-order chi connectivity index (χ0) is 6.69. The van der Waals surface area contributed by atoms with Crippen molar-refractivity contribution in [2.45, 2.75) is 6.92 Å². The maximum atomic E-state index is 9.88. The molecule has 0 saturated heterocycles. The number of carbonyl (C=O) groups excluding carboxylic acids is 1. The minimum absolute atomic E-state index is 0.682. The van der Waals surface area contributed by atoms with Gasteiger partial charge in [0.05, 0.1) is 5.69 Å². The first kappa shape index (κ1) is 6.29. The number of anilines is 1. The van der Waals surface area contributed by atoms with E-state index < -0.39 is 0 Å². The first-order valence-corrected chi connectivity index (χ1v) is 3.46. The van der Waals surface area contributed by atoms with E-state index in [1.54, 1.807) is 11.3 Å². The van der Waals surface area contributed by atoms with Crippen LogP contribution in [0.15, 0.2) is 11.4 Å². The molecule has 1 heterocycles. The van der Waals surface area contributed by atoms with Gasteiger partial charge < -0.3 is 5.32 Å². The normalized spacial score (nSPS) is 9.00. The summed E-state index contributed by atoms with van der Waals surface area (Å²) in [6, 6.07) is 1.93. The van der Waals surface area contributed by atoms with Gasteiger partial charge >= 0.3 is 0 Å². The number of thiophene rings is 1. The predicted molar refractivity (Wildman–Crippen MR) is 38.7 cm³/mol. The zero-order valence-electron chi connectivity index (χ0n) is 5.05. The van der Waals surface area contributed by atoms with E-state index in [2.05, 4.69) is 5.32 Å². The van der Waals surface area contributed by atoms with E-state index in [1.807, 2.05) is 18.4 Å². The molecule has 48 valence electrons. The smallest absolute Gasteiger partial charge is 0.211 e. The van der Waals surface area contributed by atoms with Crippen molar-refractivity contribution >= 4 is 23.4 Å². The summed E-state index contributed by atoms with van der Waals surface area (Å²) in [7, 11) is 0. The molecule has 1 aromatic rings. The van der Waals surface area contributed by atoms with Crippen molar-refractivity contribution in [2.75, 3.05) is 5.32 Å². The number of hydrogen-bond acceptors (Lipinski definition) is 2. The second kappa shape index (κ2) is 2.64. The minimum atomic E-state index is 0.682. The van der Waals surface area contributed by atoms with Gasteiger partial charge in [-0.3, -0.25) is 4.79 Å². The third-order valence-electron chi connectivity index (χ3n) is 0.956. The molecular formula is C6H7NOS. The summed E-state index contributed by atoms with van der Waals surface area (Å²) in [4.78, 5) is 11.1. The minimum Gasteiger partial charge on any atom is -0.328 e. The third-order valence-corrected chi connectivity index (χ3v) is 1.82. The number of carbonyl (C=O) groups is 1. The van der Waals surface area contributed by atoms with Crippen LogP contribution in [0.5, 0.6) is 0 Å². The Morgan fingerprint density at radius 1 is 1.78 bits per heavy atom. The van der Waals surface area contributed by atoms with Crippen molar-refractivity contribution in [2.24, 2.45) is 0 Å². The number of hydrogen-bond donors (Lipinski definition) is 1. The summed E-state index contributed by atoms with van der Waals surface area (Å²) >= 11 is 1.62. The highest BCUT2D eigenvalue weighted by molar-refractivity contribution is 7.10. The van der Waals surface area contributed by atoms with Gasteiger partial charge in [-0.05, 0) is 13.0 Å². The van der Waals surface area contributed by atoms with Crippen LogP contribution in [0.1, 0.15) is 4.88 Å². The van der Waals surface area contributed by atoms with Gasteiger partial charge in [0.2, 0.25) is 6.41 Å². The molecule has 0 aliphatic rings. The molecule has 1 aromatic heterocycles. The van der Waals surface area contributed by atoms with Crippen molar-refractivity contribution in [3.8, 4) is 0 Å². The number of rotatable bonds is 2. The topological polar surface area (TPSA) is 29.1 Å². The Labute approximate surface area is 57.5 Å². The van der Waals surface area contributed by atoms with Crippen LogP contribution >= 0.6 is 11.3 Å². The van der Waals surface area contributed by atoms with Gasteiger partial charge in [0.15, 0.2) is 0 Å². The van der Waals surface area contributed by atoms with Gasteiger partial charge in [0.1, 0.15) is 0 Å². The summed E-state index contributed by atoms with van der Waals surface area (Å²) in [6.45, 7) is 2.00. The largest absolute Gasteiger partial charge is 0.328 e. The van der Waals surface area contributed by atoms with E-state index in [1.165, 1.54) is 4.88 Å².